The van der Waals surface area contributed by atoms with Gasteiger partial charge in [0.05, 0.1) is 12.8 Å². The molecular formula is C17H16N2OS. The molecular weight excluding hydrogens is 280 g/mol. The van der Waals surface area contributed by atoms with Crippen LogP contribution in [0, 0.1) is 0 Å². The summed E-state index contributed by atoms with van der Waals surface area (Å²) < 4.78 is 5.42. The second-order valence-corrected chi connectivity index (χ2v) is 5.42. The maximum Gasteiger partial charge on any atom is 0.123 e. The van der Waals surface area contributed by atoms with Gasteiger partial charge < -0.3 is 15.1 Å². The third-order valence-electron chi connectivity index (χ3n) is 3.55. The molecule has 0 fully saturated rings. The van der Waals surface area contributed by atoms with Gasteiger partial charge in [-0.1, -0.05) is 36.5 Å². The van der Waals surface area contributed by atoms with E-state index in [4.69, 9.17) is 22.4 Å². The molecule has 0 atom stereocenters. The Bertz CT molecular complexity index is 781. The van der Waals surface area contributed by atoms with Crippen molar-refractivity contribution in [2.75, 3.05) is 11.9 Å². The quantitative estimate of drug-likeness (QED) is 0.745. The first-order chi connectivity index (χ1) is 10.2. The van der Waals surface area contributed by atoms with Crippen molar-refractivity contribution in [2.24, 2.45) is 5.73 Å². The lowest BCUT2D eigenvalue weighted by molar-refractivity contribution is 0.508. The number of rotatable bonds is 4. The fourth-order valence-corrected chi connectivity index (χ4v) is 2.73. The van der Waals surface area contributed by atoms with E-state index in [2.05, 4.69) is 17.0 Å². The number of hydrogen-bond donors (Lipinski definition) is 1. The molecule has 4 heteroatoms. The first-order valence-electron chi connectivity index (χ1n) is 6.72. The Hall–Kier alpha value is -2.33. The number of furan rings is 1. The van der Waals surface area contributed by atoms with Gasteiger partial charge in [0, 0.05) is 23.7 Å². The van der Waals surface area contributed by atoms with Crippen LogP contribution in [0.3, 0.4) is 0 Å². The van der Waals surface area contributed by atoms with Gasteiger partial charge in [0.1, 0.15) is 10.7 Å². The maximum absolute atomic E-state index is 5.82. The predicted octanol–water partition coefficient (Wildman–Crippen LogP) is 3.70. The number of thiocarbonyl (C=S) groups is 1. The Morgan fingerprint density at radius 2 is 1.86 bits per heavy atom. The van der Waals surface area contributed by atoms with E-state index in [1.165, 1.54) is 0 Å². The molecule has 0 radical (unpaired) electrons. The van der Waals surface area contributed by atoms with E-state index in [-0.39, 0.29) is 0 Å². The fourth-order valence-electron chi connectivity index (χ4n) is 2.55. The van der Waals surface area contributed by atoms with Crippen LogP contribution in [0.5, 0.6) is 0 Å². The van der Waals surface area contributed by atoms with Gasteiger partial charge in [-0.25, -0.2) is 0 Å². The minimum atomic E-state index is 0.423. The van der Waals surface area contributed by atoms with E-state index < -0.39 is 0 Å². The molecule has 21 heavy (non-hydrogen) atoms. The molecule has 3 aromatic rings. The number of nitrogens with two attached hydrogens (primary N) is 1. The number of nitrogens with zero attached hydrogens (tertiary/aromatic N) is 1. The zero-order valence-corrected chi connectivity index (χ0v) is 12.6. The molecule has 106 valence electrons. The molecule has 0 aliphatic rings. The molecule has 0 saturated heterocycles. The molecule has 0 aliphatic carbocycles. The topological polar surface area (TPSA) is 42.4 Å². The highest BCUT2D eigenvalue weighted by Crippen LogP contribution is 2.29. The molecule has 0 saturated carbocycles. The van der Waals surface area contributed by atoms with Crippen molar-refractivity contribution in [2.45, 2.75) is 6.54 Å². The standard InChI is InChI=1S/C17H16N2OS/c1-19(11-12-5-4-10-20-12)16-9-8-15(17(18)21)13-6-2-3-7-14(13)16/h2-10H,11H2,1H3,(H2,18,21). The van der Waals surface area contributed by atoms with Crippen molar-refractivity contribution in [1.82, 2.24) is 0 Å². The smallest absolute Gasteiger partial charge is 0.123 e. The number of fused-ring (bicyclic) bond motifs is 1. The molecule has 0 spiro atoms. The molecule has 0 unspecified atom stereocenters. The van der Waals surface area contributed by atoms with Gasteiger partial charge in [-0.05, 0) is 29.7 Å². The number of benzene rings is 2. The fraction of sp³-hybridized carbons (Fsp3) is 0.118. The second-order valence-electron chi connectivity index (χ2n) is 4.98. The summed E-state index contributed by atoms with van der Waals surface area (Å²) in [5, 5.41) is 2.21. The van der Waals surface area contributed by atoms with Crippen molar-refractivity contribution in [3.8, 4) is 0 Å². The first-order valence-corrected chi connectivity index (χ1v) is 7.12. The Labute approximate surface area is 129 Å². The van der Waals surface area contributed by atoms with Crippen molar-refractivity contribution in [3.05, 3.63) is 66.1 Å². The molecule has 1 heterocycles. The van der Waals surface area contributed by atoms with Crippen LogP contribution in [0.2, 0.25) is 0 Å². The molecule has 3 rings (SSSR count). The second kappa shape index (κ2) is 5.58. The van der Waals surface area contributed by atoms with Gasteiger partial charge in [-0.2, -0.15) is 0 Å². The third-order valence-corrected chi connectivity index (χ3v) is 3.77. The molecule has 2 N–H and O–H groups in total. The summed E-state index contributed by atoms with van der Waals surface area (Å²) >= 11 is 5.14. The van der Waals surface area contributed by atoms with Crippen molar-refractivity contribution < 1.29 is 4.42 Å². The van der Waals surface area contributed by atoms with Crippen LogP contribution in [0.15, 0.2) is 59.2 Å². The van der Waals surface area contributed by atoms with Gasteiger partial charge >= 0.3 is 0 Å². The van der Waals surface area contributed by atoms with E-state index in [0.29, 0.717) is 11.5 Å². The highest BCUT2D eigenvalue weighted by atomic mass is 32.1. The van der Waals surface area contributed by atoms with Crippen LogP contribution < -0.4 is 10.6 Å². The summed E-state index contributed by atoms with van der Waals surface area (Å²) in [6, 6.07) is 16.1. The van der Waals surface area contributed by atoms with Crippen molar-refractivity contribution in [3.63, 3.8) is 0 Å². The van der Waals surface area contributed by atoms with Crippen LogP contribution in [-0.2, 0) is 6.54 Å². The lowest BCUT2D eigenvalue weighted by atomic mass is 10.0. The Morgan fingerprint density at radius 3 is 2.52 bits per heavy atom. The van der Waals surface area contributed by atoms with E-state index in [0.717, 1.165) is 27.8 Å². The molecule has 2 aromatic carbocycles. The van der Waals surface area contributed by atoms with Crippen LogP contribution >= 0.6 is 12.2 Å². The molecule has 1 aromatic heterocycles. The van der Waals surface area contributed by atoms with Gasteiger partial charge in [0.15, 0.2) is 0 Å². The summed E-state index contributed by atoms with van der Waals surface area (Å²) in [5.41, 5.74) is 7.86. The zero-order chi connectivity index (χ0) is 14.8. The van der Waals surface area contributed by atoms with Crippen LogP contribution in [-0.4, -0.2) is 12.0 Å². The summed E-state index contributed by atoms with van der Waals surface area (Å²) in [7, 11) is 2.05. The Kier molecular flexibility index (Phi) is 3.62. The number of anilines is 1. The van der Waals surface area contributed by atoms with Gasteiger partial charge in [-0.15, -0.1) is 0 Å². The highest BCUT2D eigenvalue weighted by molar-refractivity contribution is 7.80. The maximum atomic E-state index is 5.82. The van der Waals surface area contributed by atoms with Gasteiger partial charge in [0.25, 0.3) is 0 Å². The van der Waals surface area contributed by atoms with Crippen LogP contribution in [0.4, 0.5) is 5.69 Å². The van der Waals surface area contributed by atoms with Crippen LogP contribution in [0.1, 0.15) is 11.3 Å². The average molecular weight is 296 g/mol. The number of hydrogen-bond acceptors (Lipinski definition) is 3. The largest absolute Gasteiger partial charge is 0.467 e. The van der Waals surface area contributed by atoms with Gasteiger partial charge in [-0.3, -0.25) is 0 Å². The minimum Gasteiger partial charge on any atom is -0.467 e. The summed E-state index contributed by atoms with van der Waals surface area (Å²) in [5.74, 6) is 0.931. The van der Waals surface area contributed by atoms with Crippen molar-refractivity contribution >= 4 is 33.7 Å². The van der Waals surface area contributed by atoms with E-state index in [1.54, 1.807) is 6.26 Å². The SMILES string of the molecule is CN(Cc1ccco1)c1ccc(C(N)=S)c2ccccc12. The van der Waals surface area contributed by atoms with Gasteiger partial charge in [0.2, 0.25) is 0 Å². The summed E-state index contributed by atoms with van der Waals surface area (Å²) in [6.07, 6.45) is 1.69. The molecule has 0 amide bonds. The lowest BCUT2D eigenvalue weighted by Gasteiger charge is -2.21. The normalized spacial score (nSPS) is 10.7. The first kappa shape index (κ1) is 13.6. The van der Waals surface area contributed by atoms with E-state index >= 15 is 0 Å². The third kappa shape index (κ3) is 2.62. The molecule has 0 aliphatic heterocycles. The Morgan fingerprint density at radius 1 is 1.10 bits per heavy atom. The molecule has 3 nitrogen and oxygen atoms in total. The lowest BCUT2D eigenvalue weighted by Crippen LogP contribution is -2.17. The monoisotopic (exact) mass is 296 g/mol. The van der Waals surface area contributed by atoms with E-state index in [9.17, 15) is 0 Å². The Balaban J connectivity index is 2.07. The molecule has 0 bridgehead atoms. The summed E-state index contributed by atoms with van der Waals surface area (Å²) in [4.78, 5) is 2.58. The summed E-state index contributed by atoms with van der Waals surface area (Å²) in [6.45, 7) is 0.712. The van der Waals surface area contributed by atoms with Crippen molar-refractivity contribution in [1.29, 1.82) is 0 Å². The van der Waals surface area contributed by atoms with E-state index in [1.807, 2.05) is 43.4 Å². The minimum absolute atomic E-state index is 0.423. The van der Waals surface area contributed by atoms with Crippen LogP contribution in [0.25, 0.3) is 10.8 Å². The zero-order valence-electron chi connectivity index (χ0n) is 11.7. The highest BCUT2D eigenvalue weighted by Gasteiger charge is 2.11. The predicted molar refractivity (Wildman–Crippen MR) is 90.7 cm³/mol. The average Bonchev–Trinajstić information content (AvgIpc) is 2.98.